The van der Waals surface area contributed by atoms with Crippen molar-refractivity contribution < 1.29 is 33.3 Å². The number of esters is 1. The topological polar surface area (TPSA) is 190 Å². The maximum absolute atomic E-state index is 12.3. The fourth-order valence-corrected chi connectivity index (χ4v) is 18.9. The minimum atomic E-state index is -0.617. The third kappa shape index (κ3) is 19.5. The van der Waals surface area contributed by atoms with E-state index in [1.54, 1.807) is 50.7 Å². The van der Waals surface area contributed by atoms with Crippen molar-refractivity contribution in [3.05, 3.63) is 171 Å². The van der Waals surface area contributed by atoms with Crippen LogP contribution in [0.3, 0.4) is 0 Å². The van der Waals surface area contributed by atoms with Crippen LogP contribution in [0.1, 0.15) is 187 Å². The molecule has 15 rings (SSSR count). The number of ketones is 2. The lowest BCUT2D eigenvalue weighted by Crippen LogP contribution is -2.35. The number of aromatic nitrogens is 7. The number of aryl methyl sites for hydroxylation is 1. The number of benzene rings is 4. The number of fused-ring (bicyclic) bond motifs is 3. The van der Waals surface area contributed by atoms with Crippen LogP contribution in [0, 0.1) is 12.3 Å². The van der Waals surface area contributed by atoms with Crippen molar-refractivity contribution in [1.29, 1.82) is 0 Å². The second-order valence-corrected chi connectivity index (χ2v) is 32.8. The zero-order chi connectivity index (χ0) is 76.5. The number of methoxy groups -OCH3 is 3. The Morgan fingerprint density at radius 2 is 1.02 bits per heavy atom. The van der Waals surface area contributed by atoms with E-state index in [9.17, 15) is 14.4 Å². The molecule has 110 heavy (non-hydrogen) atoms. The molecule has 0 amide bonds. The summed E-state index contributed by atoms with van der Waals surface area (Å²) >= 11 is 3.60. The van der Waals surface area contributed by atoms with Crippen molar-refractivity contribution in [2.45, 2.75) is 168 Å². The largest absolute Gasteiger partial charge is 0.494 e. The Morgan fingerprint density at radius 1 is 0.527 bits per heavy atom. The molecule has 9 heterocycles. The second kappa shape index (κ2) is 37.9. The van der Waals surface area contributed by atoms with E-state index in [-0.39, 0.29) is 29.6 Å². The van der Waals surface area contributed by atoms with Crippen LogP contribution in [0.2, 0.25) is 0 Å². The molecule has 4 aromatic carbocycles. The van der Waals surface area contributed by atoms with Crippen molar-refractivity contribution in [3.8, 4) is 22.9 Å². The molecule has 582 valence electrons. The molecule has 5 aliphatic rings. The lowest BCUT2D eigenvalue weighted by molar-refractivity contribution is -0.151. The molecule has 0 spiro atoms. The summed E-state index contributed by atoms with van der Waals surface area (Å²) in [4.78, 5) is 75.9. The van der Waals surface area contributed by atoms with Gasteiger partial charge in [-0.15, -0.1) is 22.7 Å². The van der Waals surface area contributed by atoms with E-state index in [1.807, 2.05) is 91.8 Å². The number of ether oxygens (including phenoxy) is 4. The quantitative estimate of drug-likeness (QED) is 0.0549. The standard InChI is InChI=1S/C32H39N5O3.2C28H36N4O2S/c1-24-22-25-10-8-15-33-28(25)29(30(24)40-21-14-32(2,3)31(38)39-4)36-17-9-16-35(19-20-36)23-26-13-18-37(34-26)27-11-6-5-7-12-27;2*1-20(33)18-24(23-19-35-28(30-23)22-8-4-3-5-9-22)31-14-7-15-32(17-16-31)27-25(34-2)12-11-21-10-6-13-29-26(21)27/h5-8,10-13,15,18,22H,9,14,16-17,19-21,23H2,1-4H3;2*6,10-13,19,22,24H,3-5,7-9,14-18H2,1-2H3. The number of carbonyl (C=O) groups excluding carboxylic acids is 3. The maximum Gasteiger partial charge on any atom is 0.311 e. The Morgan fingerprint density at radius 3 is 1.53 bits per heavy atom. The summed E-state index contributed by atoms with van der Waals surface area (Å²) in [6, 6.07) is 35.0. The van der Waals surface area contributed by atoms with Crippen LogP contribution in [0.25, 0.3) is 38.4 Å². The highest BCUT2D eigenvalue weighted by Gasteiger charge is 2.34. The Labute approximate surface area is 657 Å². The first-order valence-corrected chi connectivity index (χ1v) is 41.8. The van der Waals surface area contributed by atoms with Gasteiger partial charge in [-0.05, 0) is 158 Å². The monoisotopic (exact) mass is 1530 g/mol. The molecule has 2 atom stereocenters. The molecule has 2 unspecified atom stereocenters. The molecule has 0 radical (unpaired) electrons. The van der Waals surface area contributed by atoms with Crippen LogP contribution in [-0.4, -0.2) is 173 Å². The minimum Gasteiger partial charge on any atom is -0.494 e. The van der Waals surface area contributed by atoms with Crippen molar-refractivity contribution in [2.24, 2.45) is 5.41 Å². The average Bonchev–Trinajstić information content (AvgIpc) is 1.42. The molecular formula is C88H111N13O7S2. The predicted octanol–water partition coefficient (Wildman–Crippen LogP) is 17.4. The molecule has 2 saturated carbocycles. The second-order valence-electron chi connectivity index (χ2n) is 31.0. The van der Waals surface area contributed by atoms with Crippen LogP contribution < -0.4 is 28.9 Å². The van der Waals surface area contributed by atoms with Crippen molar-refractivity contribution in [3.63, 3.8) is 0 Å². The van der Waals surface area contributed by atoms with Crippen molar-refractivity contribution >= 4 is 90.0 Å². The summed E-state index contributed by atoms with van der Waals surface area (Å²) in [7, 11) is 4.89. The van der Waals surface area contributed by atoms with Gasteiger partial charge in [-0.2, -0.15) is 5.10 Å². The molecular weight excluding hydrogens is 1420 g/mol. The molecule has 10 aromatic rings. The molecule has 2 aliphatic carbocycles. The zero-order valence-corrected chi connectivity index (χ0v) is 67.4. The summed E-state index contributed by atoms with van der Waals surface area (Å²) in [5, 5.41) is 15.2. The number of hydrogen-bond donors (Lipinski definition) is 0. The van der Waals surface area contributed by atoms with E-state index in [2.05, 4.69) is 102 Å². The van der Waals surface area contributed by atoms with Gasteiger partial charge in [-0.3, -0.25) is 44.0 Å². The SMILES string of the molecule is COC(=O)C(C)(C)CCOc1c(C)cc2cccnc2c1N1CCCN(Cc2ccn(-c3ccccc3)n2)CC1.COc1ccc2cccnc2c1N1CCCN(C(CC(C)=O)c2csc(C3CCCCC3)n2)CC1.COc1ccc2cccnc2c1N1CCCN(C(CC(C)=O)c2csc(C3CCCCC3)n2)CC1. The average molecular weight is 1530 g/mol. The first-order chi connectivity index (χ1) is 53.6. The number of thiazole rings is 2. The van der Waals surface area contributed by atoms with E-state index < -0.39 is 5.41 Å². The molecule has 3 aliphatic heterocycles. The lowest BCUT2D eigenvalue weighted by Gasteiger charge is -2.30. The molecule has 5 fully saturated rings. The number of hydrogen-bond acceptors (Lipinski definition) is 21. The van der Waals surface area contributed by atoms with Crippen molar-refractivity contribution in [1.82, 2.24) is 49.4 Å². The highest BCUT2D eigenvalue weighted by atomic mass is 32.1. The van der Waals surface area contributed by atoms with Gasteiger partial charge in [0.25, 0.3) is 0 Å². The zero-order valence-electron chi connectivity index (χ0n) is 65.8. The molecule has 0 bridgehead atoms. The number of anilines is 3. The third-order valence-electron chi connectivity index (χ3n) is 22.7. The van der Waals surface area contributed by atoms with E-state index in [1.165, 1.54) is 81.3 Å². The number of pyridine rings is 3. The minimum absolute atomic E-state index is 0.0496. The molecule has 6 aromatic heterocycles. The van der Waals surface area contributed by atoms with E-state index >= 15 is 0 Å². The number of nitrogens with zero attached hydrogens (tertiary/aromatic N) is 13. The highest BCUT2D eigenvalue weighted by Crippen LogP contribution is 2.44. The smallest absolute Gasteiger partial charge is 0.311 e. The Kier molecular flexibility index (Phi) is 27.2. The van der Waals surface area contributed by atoms with E-state index in [0.717, 1.165) is 200 Å². The first-order valence-electron chi connectivity index (χ1n) is 40.0. The van der Waals surface area contributed by atoms with Crippen LogP contribution >= 0.6 is 22.7 Å². The lowest BCUT2D eigenvalue weighted by atomic mass is 9.90. The van der Waals surface area contributed by atoms with Crippen LogP contribution in [0.15, 0.2) is 139 Å². The van der Waals surface area contributed by atoms with Gasteiger partial charge in [0.15, 0.2) is 0 Å². The summed E-state index contributed by atoms with van der Waals surface area (Å²) in [5.74, 6) is 4.00. The van der Waals surface area contributed by atoms with Gasteiger partial charge >= 0.3 is 5.97 Å². The summed E-state index contributed by atoms with van der Waals surface area (Å²) in [6.07, 6.45) is 25.2. The maximum atomic E-state index is 12.3. The van der Waals surface area contributed by atoms with Gasteiger partial charge in [0.1, 0.15) is 45.9 Å². The van der Waals surface area contributed by atoms with Gasteiger partial charge in [0.2, 0.25) is 0 Å². The molecule has 0 N–H and O–H groups in total. The number of carbonyl (C=O) groups is 3. The molecule has 3 saturated heterocycles. The van der Waals surface area contributed by atoms with Gasteiger partial charge in [-0.1, -0.05) is 74.9 Å². The van der Waals surface area contributed by atoms with Crippen molar-refractivity contribution in [2.75, 3.05) is 121 Å². The Balaban J connectivity index is 0.000000145. The van der Waals surface area contributed by atoms with Crippen LogP contribution in [0.5, 0.6) is 17.2 Å². The summed E-state index contributed by atoms with van der Waals surface area (Å²) in [5.41, 5.74) is 10.9. The third-order valence-corrected chi connectivity index (χ3v) is 24.8. The highest BCUT2D eigenvalue weighted by molar-refractivity contribution is 7.10. The van der Waals surface area contributed by atoms with Gasteiger partial charge in [-0.25, -0.2) is 14.6 Å². The van der Waals surface area contributed by atoms with Crippen LogP contribution in [-0.2, 0) is 25.7 Å². The van der Waals surface area contributed by atoms with Gasteiger partial charge < -0.3 is 33.6 Å². The molecule has 22 heteroatoms. The van der Waals surface area contributed by atoms with Gasteiger partial charge in [0.05, 0.1) is 94.8 Å². The fraction of sp³-hybridized carbons (Fsp3) is 0.489. The van der Waals surface area contributed by atoms with E-state index in [0.29, 0.717) is 37.7 Å². The number of para-hydroxylation sites is 1. The Hall–Kier alpha value is -8.93. The molecule has 20 nitrogen and oxygen atoms in total. The first kappa shape index (κ1) is 79.2. The van der Waals surface area contributed by atoms with Gasteiger partial charge in [0, 0.05) is 161 Å². The normalized spacial score (nSPS) is 17.4. The fourth-order valence-electron chi connectivity index (χ4n) is 16.8. The predicted molar refractivity (Wildman–Crippen MR) is 443 cm³/mol. The number of Topliss-reactive ketones (excluding diaryl/α,β-unsaturated/α-hetero) is 2. The number of rotatable bonds is 23. The van der Waals surface area contributed by atoms with Crippen LogP contribution in [0.4, 0.5) is 17.1 Å². The van der Waals surface area contributed by atoms with E-state index in [4.69, 9.17) is 49.0 Å². The summed E-state index contributed by atoms with van der Waals surface area (Å²) in [6.45, 7) is 21.4. The summed E-state index contributed by atoms with van der Waals surface area (Å²) < 4.78 is 24.9. The Bertz CT molecular complexity index is 4510.